The number of hydrogen-bond acceptors (Lipinski definition) is 3. The fraction of sp³-hybridized carbons (Fsp3) is 0.500. The molecule has 1 aromatic rings. The molecular weight excluding hydrogens is 247 g/mol. The summed E-state index contributed by atoms with van der Waals surface area (Å²) < 4.78 is 17.2. The summed E-state index contributed by atoms with van der Waals surface area (Å²) >= 11 is 1.59. The fourth-order valence-electron chi connectivity index (χ4n) is 1.45. The molecule has 0 saturated heterocycles. The third-order valence-corrected chi connectivity index (χ3v) is 3.44. The molecule has 0 aliphatic carbocycles. The molecule has 0 heterocycles. The molecule has 98 valence electrons. The van der Waals surface area contributed by atoms with Crippen LogP contribution in [0.3, 0.4) is 0 Å². The standard InChI is InChI=1S/C14H19FN2S/c1-10(17-18-14(2,3)4)12-6-5-11(7-8-16)9-13(12)15/h5-6,9-10,17H,7H2,1-4H3. The highest BCUT2D eigenvalue weighted by atomic mass is 32.2. The van der Waals surface area contributed by atoms with Crippen molar-refractivity contribution in [2.75, 3.05) is 0 Å². The molecule has 2 nitrogen and oxygen atoms in total. The maximum absolute atomic E-state index is 13.9. The van der Waals surface area contributed by atoms with Crippen molar-refractivity contribution >= 4 is 11.9 Å². The monoisotopic (exact) mass is 266 g/mol. The van der Waals surface area contributed by atoms with Crippen molar-refractivity contribution in [1.82, 2.24) is 4.72 Å². The predicted molar refractivity (Wildman–Crippen MR) is 74.6 cm³/mol. The van der Waals surface area contributed by atoms with Crippen LogP contribution in [-0.2, 0) is 6.42 Å². The summed E-state index contributed by atoms with van der Waals surface area (Å²) in [4.78, 5) is 0. The van der Waals surface area contributed by atoms with E-state index in [0.717, 1.165) is 5.56 Å². The van der Waals surface area contributed by atoms with Crippen LogP contribution in [0.25, 0.3) is 0 Å². The van der Waals surface area contributed by atoms with Crippen LogP contribution in [0.5, 0.6) is 0 Å². The zero-order valence-corrected chi connectivity index (χ0v) is 12.1. The summed E-state index contributed by atoms with van der Waals surface area (Å²) in [5.41, 5.74) is 1.35. The Bertz CT molecular complexity index is 446. The lowest BCUT2D eigenvalue weighted by atomic mass is 10.0. The Labute approximate surface area is 113 Å². The summed E-state index contributed by atoms with van der Waals surface area (Å²) in [6, 6.07) is 6.96. The van der Waals surface area contributed by atoms with E-state index in [2.05, 4.69) is 25.5 Å². The van der Waals surface area contributed by atoms with Gasteiger partial charge in [-0.25, -0.2) is 4.39 Å². The van der Waals surface area contributed by atoms with Gasteiger partial charge in [0.05, 0.1) is 12.5 Å². The molecule has 0 aliphatic rings. The Hall–Kier alpha value is -1.05. The molecule has 0 fully saturated rings. The number of hydrogen-bond donors (Lipinski definition) is 1. The topological polar surface area (TPSA) is 35.8 Å². The van der Waals surface area contributed by atoms with Gasteiger partial charge in [0.15, 0.2) is 0 Å². The lowest BCUT2D eigenvalue weighted by molar-refractivity contribution is 0.582. The maximum atomic E-state index is 13.9. The molecular formula is C14H19FN2S. The van der Waals surface area contributed by atoms with Gasteiger partial charge in [0.2, 0.25) is 0 Å². The normalized spacial score (nSPS) is 13.1. The van der Waals surface area contributed by atoms with Gasteiger partial charge in [0.25, 0.3) is 0 Å². The second-order valence-electron chi connectivity index (χ2n) is 5.24. The molecule has 0 amide bonds. The van der Waals surface area contributed by atoms with E-state index in [1.54, 1.807) is 18.0 Å². The lowest BCUT2D eigenvalue weighted by Crippen LogP contribution is -2.20. The molecule has 4 heteroatoms. The average molecular weight is 266 g/mol. The molecule has 0 aliphatic heterocycles. The van der Waals surface area contributed by atoms with Crippen molar-refractivity contribution in [2.24, 2.45) is 0 Å². The highest BCUT2D eigenvalue weighted by Gasteiger charge is 2.16. The number of benzene rings is 1. The second kappa shape index (κ2) is 6.21. The van der Waals surface area contributed by atoms with Crippen LogP contribution in [0.15, 0.2) is 18.2 Å². The van der Waals surface area contributed by atoms with E-state index in [-0.39, 0.29) is 23.0 Å². The molecule has 1 aromatic carbocycles. The molecule has 18 heavy (non-hydrogen) atoms. The first-order valence-corrected chi connectivity index (χ1v) is 6.74. The third-order valence-electron chi connectivity index (χ3n) is 2.36. The molecule has 1 rings (SSSR count). The molecule has 0 aromatic heterocycles. The Morgan fingerprint density at radius 1 is 1.44 bits per heavy atom. The van der Waals surface area contributed by atoms with Gasteiger partial charge >= 0.3 is 0 Å². The zero-order valence-electron chi connectivity index (χ0n) is 11.2. The van der Waals surface area contributed by atoms with Crippen LogP contribution in [0.4, 0.5) is 4.39 Å². The van der Waals surface area contributed by atoms with Gasteiger partial charge in [-0.3, -0.25) is 4.72 Å². The minimum atomic E-state index is -0.253. The summed E-state index contributed by atoms with van der Waals surface area (Å²) in [5.74, 6) is -0.253. The second-order valence-corrected chi connectivity index (χ2v) is 6.91. The van der Waals surface area contributed by atoms with Gasteiger partial charge in [0.1, 0.15) is 5.82 Å². The number of rotatable bonds is 4. The largest absolute Gasteiger partial charge is 0.256 e. The third kappa shape index (κ3) is 4.67. The molecule has 0 spiro atoms. The average Bonchev–Trinajstić information content (AvgIpc) is 2.25. The Kier molecular flexibility index (Phi) is 5.18. The zero-order chi connectivity index (χ0) is 13.8. The van der Waals surface area contributed by atoms with E-state index in [1.807, 2.05) is 19.1 Å². The number of halogens is 1. The number of nitrogens with one attached hydrogen (secondary N) is 1. The van der Waals surface area contributed by atoms with Crippen LogP contribution < -0.4 is 4.72 Å². The Balaban J connectivity index is 2.75. The van der Waals surface area contributed by atoms with Crippen LogP contribution in [0, 0.1) is 17.1 Å². The van der Waals surface area contributed by atoms with Crippen LogP contribution in [0.2, 0.25) is 0 Å². The quantitative estimate of drug-likeness (QED) is 0.837. The molecule has 1 atom stereocenters. The number of nitriles is 1. The van der Waals surface area contributed by atoms with E-state index >= 15 is 0 Å². The van der Waals surface area contributed by atoms with Crippen molar-refractivity contribution in [1.29, 1.82) is 5.26 Å². The highest BCUT2D eigenvalue weighted by Crippen LogP contribution is 2.26. The van der Waals surface area contributed by atoms with Crippen molar-refractivity contribution in [3.8, 4) is 6.07 Å². The van der Waals surface area contributed by atoms with Crippen molar-refractivity contribution in [3.63, 3.8) is 0 Å². The van der Waals surface area contributed by atoms with Gasteiger partial charge in [-0.1, -0.05) is 24.1 Å². The van der Waals surface area contributed by atoms with Gasteiger partial charge < -0.3 is 0 Å². The highest BCUT2D eigenvalue weighted by molar-refractivity contribution is 7.98. The summed E-state index contributed by atoms with van der Waals surface area (Å²) in [6.07, 6.45) is 0.246. The minimum absolute atomic E-state index is 0.0645. The summed E-state index contributed by atoms with van der Waals surface area (Å²) in [6.45, 7) is 8.23. The van der Waals surface area contributed by atoms with E-state index < -0.39 is 0 Å². The van der Waals surface area contributed by atoms with Crippen molar-refractivity contribution < 1.29 is 4.39 Å². The fourth-order valence-corrected chi connectivity index (χ4v) is 2.11. The van der Waals surface area contributed by atoms with Crippen LogP contribution in [0.1, 0.15) is 44.9 Å². The summed E-state index contributed by atoms with van der Waals surface area (Å²) in [5, 5.41) is 8.57. The number of nitrogens with zero attached hydrogens (tertiary/aromatic N) is 1. The molecule has 1 N–H and O–H groups in total. The molecule has 0 radical (unpaired) electrons. The van der Waals surface area contributed by atoms with E-state index in [9.17, 15) is 4.39 Å². The first kappa shape index (κ1) is 15.0. The molecule has 0 bridgehead atoms. The molecule has 0 saturated carbocycles. The van der Waals surface area contributed by atoms with Crippen LogP contribution in [-0.4, -0.2) is 4.75 Å². The minimum Gasteiger partial charge on any atom is -0.256 e. The van der Waals surface area contributed by atoms with Gasteiger partial charge in [0, 0.05) is 16.4 Å². The van der Waals surface area contributed by atoms with E-state index in [4.69, 9.17) is 5.26 Å². The first-order chi connectivity index (χ1) is 8.33. The predicted octanol–water partition coefficient (Wildman–Crippen LogP) is 3.99. The van der Waals surface area contributed by atoms with Gasteiger partial charge in [-0.15, -0.1) is 0 Å². The van der Waals surface area contributed by atoms with Gasteiger partial charge in [-0.05, 0) is 39.3 Å². The van der Waals surface area contributed by atoms with Crippen molar-refractivity contribution in [2.45, 2.75) is 44.9 Å². The van der Waals surface area contributed by atoms with Crippen LogP contribution >= 0.6 is 11.9 Å². The van der Waals surface area contributed by atoms with Gasteiger partial charge in [-0.2, -0.15) is 5.26 Å². The Morgan fingerprint density at radius 3 is 2.61 bits per heavy atom. The SMILES string of the molecule is CC(NSC(C)(C)C)c1ccc(CC#N)cc1F. The lowest BCUT2D eigenvalue weighted by Gasteiger charge is -2.22. The maximum Gasteiger partial charge on any atom is 0.128 e. The molecule has 1 unspecified atom stereocenters. The summed E-state index contributed by atoms with van der Waals surface area (Å²) in [7, 11) is 0. The van der Waals surface area contributed by atoms with E-state index in [1.165, 1.54) is 6.07 Å². The Morgan fingerprint density at radius 2 is 2.11 bits per heavy atom. The first-order valence-electron chi connectivity index (χ1n) is 5.92. The smallest absolute Gasteiger partial charge is 0.128 e. The van der Waals surface area contributed by atoms with E-state index in [0.29, 0.717) is 5.56 Å². The van der Waals surface area contributed by atoms with Crippen molar-refractivity contribution in [3.05, 3.63) is 35.1 Å².